The second kappa shape index (κ2) is 6.72. The van der Waals surface area contributed by atoms with Crippen molar-refractivity contribution < 1.29 is 4.79 Å². The highest BCUT2D eigenvalue weighted by Crippen LogP contribution is 2.22. The van der Waals surface area contributed by atoms with Gasteiger partial charge in [0.2, 0.25) is 0 Å². The number of nitrogens with one attached hydrogen (secondary N) is 2. The molecule has 0 aliphatic heterocycles. The lowest BCUT2D eigenvalue weighted by Crippen LogP contribution is -2.12. The molecule has 0 radical (unpaired) electrons. The van der Waals surface area contributed by atoms with Gasteiger partial charge in [-0.25, -0.2) is 4.98 Å². The van der Waals surface area contributed by atoms with Crippen molar-refractivity contribution >= 4 is 22.6 Å². The SMILES string of the molecule is Cc1cc(C)cc(NC(=O)c2ccc(-c3nc4ccc(C)cc4[nH]3)cc2)c1. The first-order valence-electron chi connectivity index (χ1n) is 8.94. The Labute approximate surface area is 158 Å². The molecule has 4 nitrogen and oxygen atoms in total. The molecule has 0 atom stereocenters. The molecule has 0 saturated heterocycles. The lowest BCUT2D eigenvalue weighted by Gasteiger charge is -2.08. The van der Waals surface area contributed by atoms with Crippen molar-refractivity contribution in [3.63, 3.8) is 0 Å². The lowest BCUT2D eigenvalue weighted by molar-refractivity contribution is 0.102. The van der Waals surface area contributed by atoms with Crippen LogP contribution in [0.25, 0.3) is 22.4 Å². The van der Waals surface area contributed by atoms with Crippen LogP contribution in [-0.2, 0) is 0 Å². The van der Waals surface area contributed by atoms with E-state index in [-0.39, 0.29) is 5.91 Å². The Morgan fingerprint density at radius 1 is 0.852 bits per heavy atom. The van der Waals surface area contributed by atoms with Gasteiger partial charge in [-0.05, 0) is 73.9 Å². The molecule has 0 bridgehead atoms. The van der Waals surface area contributed by atoms with Crippen LogP contribution < -0.4 is 5.32 Å². The number of imidazole rings is 1. The predicted octanol–water partition coefficient (Wildman–Crippen LogP) is 5.41. The number of amides is 1. The first kappa shape index (κ1) is 17.0. The fourth-order valence-electron chi connectivity index (χ4n) is 3.29. The number of hydrogen-bond acceptors (Lipinski definition) is 2. The van der Waals surface area contributed by atoms with Crippen molar-refractivity contribution in [2.24, 2.45) is 0 Å². The van der Waals surface area contributed by atoms with Crippen molar-refractivity contribution in [1.82, 2.24) is 9.97 Å². The molecule has 4 heteroatoms. The molecule has 134 valence electrons. The lowest BCUT2D eigenvalue weighted by atomic mass is 10.1. The monoisotopic (exact) mass is 355 g/mol. The molecule has 4 rings (SSSR count). The second-order valence-corrected chi connectivity index (χ2v) is 7.01. The van der Waals surface area contributed by atoms with Gasteiger partial charge in [0, 0.05) is 16.8 Å². The Balaban J connectivity index is 1.56. The number of aromatic amines is 1. The topological polar surface area (TPSA) is 57.8 Å². The Morgan fingerprint density at radius 3 is 2.26 bits per heavy atom. The molecule has 1 heterocycles. The molecule has 0 spiro atoms. The van der Waals surface area contributed by atoms with Crippen molar-refractivity contribution in [2.45, 2.75) is 20.8 Å². The number of aryl methyl sites for hydroxylation is 3. The molecular weight excluding hydrogens is 334 g/mol. The van der Waals surface area contributed by atoms with Crippen LogP contribution >= 0.6 is 0 Å². The van der Waals surface area contributed by atoms with Crippen LogP contribution in [-0.4, -0.2) is 15.9 Å². The number of nitrogens with zero attached hydrogens (tertiary/aromatic N) is 1. The maximum atomic E-state index is 12.5. The third-order valence-corrected chi connectivity index (χ3v) is 4.54. The maximum Gasteiger partial charge on any atom is 0.255 e. The van der Waals surface area contributed by atoms with Crippen LogP contribution in [0.3, 0.4) is 0 Å². The normalized spacial score (nSPS) is 10.9. The molecule has 0 saturated carbocycles. The number of aromatic nitrogens is 2. The van der Waals surface area contributed by atoms with Gasteiger partial charge in [-0.15, -0.1) is 0 Å². The molecule has 0 aliphatic carbocycles. The Morgan fingerprint density at radius 2 is 1.56 bits per heavy atom. The van der Waals surface area contributed by atoms with Crippen LogP contribution in [0.4, 0.5) is 5.69 Å². The maximum absolute atomic E-state index is 12.5. The molecule has 1 amide bonds. The minimum Gasteiger partial charge on any atom is -0.338 e. The number of carbonyl (C=O) groups excluding carboxylic acids is 1. The summed E-state index contributed by atoms with van der Waals surface area (Å²) in [6.07, 6.45) is 0. The molecule has 0 fully saturated rings. The summed E-state index contributed by atoms with van der Waals surface area (Å²) in [6, 6.07) is 19.6. The highest BCUT2D eigenvalue weighted by Gasteiger charge is 2.09. The van der Waals surface area contributed by atoms with Gasteiger partial charge in [0.15, 0.2) is 0 Å². The summed E-state index contributed by atoms with van der Waals surface area (Å²) in [5, 5.41) is 2.96. The number of rotatable bonds is 3. The van der Waals surface area contributed by atoms with Crippen LogP contribution in [0, 0.1) is 20.8 Å². The zero-order valence-corrected chi connectivity index (χ0v) is 15.6. The van der Waals surface area contributed by atoms with Gasteiger partial charge in [-0.1, -0.05) is 24.3 Å². The zero-order chi connectivity index (χ0) is 19.0. The van der Waals surface area contributed by atoms with E-state index in [4.69, 9.17) is 0 Å². The number of H-pyrrole nitrogens is 1. The van der Waals surface area contributed by atoms with Gasteiger partial charge in [-0.3, -0.25) is 4.79 Å². The predicted molar refractivity (Wildman–Crippen MR) is 110 cm³/mol. The molecule has 0 aliphatic rings. The van der Waals surface area contributed by atoms with E-state index >= 15 is 0 Å². The fourth-order valence-corrected chi connectivity index (χ4v) is 3.29. The summed E-state index contributed by atoms with van der Waals surface area (Å²) in [5.74, 6) is 0.684. The highest BCUT2D eigenvalue weighted by molar-refractivity contribution is 6.04. The number of benzene rings is 3. The summed E-state index contributed by atoms with van der Waals surface area (Å²) >= 11 is 0. The van der Waals surface area contributed by atoms with Crippen molar-refractivity contribution in [3.8, 4) is 11.4 Å². The molecule has 4 aromatic rings. The van der Waals surface area contributed by atoms with E-state index in [1.165, 1.54) is 5.56 Å². The first-order valence-corrected chi connectivity index (χ1v) is 8.94. The highest BCUT2D eigenvalue weighted by atomic mass is 16.1. The average molecular weight is 355 g/mol. The van der Waals surface area contributed by atoms with E-state index < -0.39 is 0 Å². The average Bonchev–Trinajstić information content (AvgIpc) is 3.04. The van der Waals surface area contributed by atoms with E-state index in [2.05, 4.69) is 34.3 Å². The van der Waals surface area contributed by atoms with Crippen molar-refractivity contribution in [2.75, 3.05) is 5.32 Å². The molecule has 27 heavy (non-hydrogen) atoms. The Kier molecular flexibility index (Phi) is 4.24. The van der Waals surface area contributed by atoms with Crippen molar-refractivity contribution in [1.29, 1.82) is 0 Å². The molecule has 0 unspecified atom stereocenters. The van der Waals surface area contributed by atoms with Gasteiger partial charge >= 0.3 is 0 Å². The van der Waals surface area contributed by atoms with E-state index in [1.54, 1.807) is 0 Å². The first-order chi connectivity index (χ1) is 13.0. The van der Waals surface area contributed by atoms with Gasteiger partial charge in [0.05, 0.1) is 11.0 Å². The second-order valence-electron chi connectivity index (χ2n) is 7.01. The van der Waals surface area contributed by atoms with Crippen LogP contribution in [0.15, 0.2) is 60.7 Å². The third-order valence-electron chi connectivity index (χ3n) is 4.54. The summed E-state index contributed by atoms with van der Waals surface area (Å²) in [6.45, 7) is 6.10. The van der Waals surface area contributed by atoms with Crippen LogP contribution in [0.1, 0.15) is 27.0 Å². The smallest absolute Gasteiger partial charge is 0.255 e. The Hall–Kier alpha value is -3.40. The van der Waals surface area contributed by atoms with Gasteiger partial charge in [0.1, 0.15) is 5.82 Å². The van der Waals surface area contributed by atoms with E-state index in [9.17, 15) is 4.79 Å². The van der Waals surface area contributed by atoms with Gasteiger partial charge < -0.3 is 10.3 Å². The third kappa shape index (κ3) is 3.60. The van der Waals surface area contributed by atoms with Crippen molar-refractivity contribution in [3.05, 3.63) is 82.9 Å². The fraction of sp³-hybridized carbons (Fsp3) is 0.130. The number of hydrogen-bond donors (Lipinski definition) is 2. The molecule has 2 N–H and O–H groups in total. The van der Waals surface area contributed by atoms with Crippen LogP contribution in [0.2, 0.25) is 0 Å². The Bertz CT molecular complexity index is 1120. The summed E-state index contributed by atoms with van der Waals surface area (Å²) in [4.78, 5) is 20.5. The summed E-state index contributed by atoms with van der Waals surface area (Å²) in [5.41, 5.74) is 7.78. The zero-order valence-electron chi connectivity index (χ0n) is 15.6. The minimum atomic E-state index is -0.119. The van der Waals surface area contributed by atoms with Crippen LogP contribution in [0.5, 0.6) is 0 Å². The molecular formula is C23H21N3O. The number of anilines is 1. The van der Waals surface area contributed by atoms with E-state index in [1.807, 2.05) is 62.4 Å². The number of carbonyl (C=O) groups is 1. The van der Waals surface area contributed by atoms with Gasteiger partial charge in [-0.2, -0.15) is 0 Å². The van der Waals surface area contributed by atoms with E-state index in [0.29, 0.717) is 5.56 Å². The van der Waals surface area contributed by atoms with Gasteiger partial charge in [0.25, 0.3) is 5.91 Å². The minimum absolute atomic E-state index is 0.119. The summed E-state index contributed by atoms with van der Waals surface area (Å²) < 4.78 is 0. The largest absolute Gasteiger partial charge is 0.338 e. The van der Waals surface area contributed by atoms with E-state index in [0.717, 1.165) is 39.2 Å². The standard InChI is InChI=1S/C23H21N3O/c1-14-4-9-20-21(13-14)26-22(25-20)17-5-7-18(8-6-17)23(27)24-19-11-15(2)10-16(3)12-19/h4-13H,1-3H3,(H,24,27)(H,25,26). The quantitative estimate of drug-likeness (QED) is 0.516. The number of fused-ring (bicyclic) bond motifs is 1. The summed E-state index contributed by atoms with van der Waals surface area (Å²) in [7, 11) is 0. The molecule has 1 aromatic heterocycles. The molecule has 3 aromatic carbocycles.